The molecule has 3 unspecified atom stereocenters. The molecule has 7 nitrogen and oxygen atoms in total. The Morgan fingerprint density at radius 3 is 2.86 bits per heavy atom. The molecule has 0 aromatic carbocycles. The highest BCUT2D eigenvalue weighted by atomic mass is 16.5. The van der Waals surface area contributed by atoms with Crippen LogP contribution in [0, 0.1) is 12.8 Å². The maximum Gasteiger partial charge on any atom is 0.351 e. The summed E-state index contributed by atoms with van der Waals surface area (Å²) in [7, 11) is 1.91. The molecule has 21 heavy (non-hydrogen) atoms. The van der Waals surface area contributed by atoms with E-state index in [1.165, 1.54) is 4.57 Å². The maximum atomic E-state index is 12.3. The SMILES string of the molecule is CC[C@@]12O[C@@H](n3cc(C)c(N)nc3=O)C3C1C(C2=O)N3C. The van der Waals surface area contributed by atoms with Crippen molar-refractivity contribution in [3.63, 3.8) is 0 Å². The van der Waals surface area contributed by atoms with E-state index < -0.39 is 17.5 Å². The first-order valence-corrected chi connectivity index (χ1v) is 7.21. The Balaban J connectivity index is 1.80. The Morgan fingerprint density at radius 2 is 2.19 bits per heavy atom. The van der Waals surface area contributed by atoms with E-state index in [9.17, 15) is 9.59 Å². The number of piperidine rings is 1. The maximum absolute atomic E-state index is 12.3. The van der Waals surface area contributed by atoms with Gasteiger partial charge in [0.2, 0.25) is 0 Å². The lowest BCUT2D eigenvalue weighted by atomic mass is 9.55. The third kappa shape index (κ3) is 1.25. The lowest BCUT2D eigenvalue weighted by Crippen LogP contribution is -2.81. The van der Waals surface area contributed by atoms with E-state index in [-0.39, 0.29) is 29.6 Å². The van der Waals surface area contributed by atoms with Crippen molar-refractivity contribution in [2.75, 3.05) is 12.8 Å². The molecular weight excluding hydrogens is 272 g/mol. The lowest BCUT2D eigenvalue weighted by Gasteiger charge is -2.61. The molecule has 2 N–H and O–H groups in total. The van der Waals surface area contributed by atoms with Crippen molar-refractivity contribution < 1.29 is 9.53 Å². The van der Waals surface area contributed by atoms with E-state index in [2.05, 4.69) is 4.98 Å². The van der Waals surface area contributed by atoms with Crippen molar-refractivity contribution in [1.82, 2.24) is 14.5 Å². The van der Waals surface area contributed by atoms with Crippen molar-refractivity contribution in [2.45, 2.75) is 44.2 Å². The number of likely N-dealkylation sites (tertiary alicyclic amines) is 1. The summed E-state index contributed by atoms with van der Waals surface area (Å²) < 4.78 is 7.56. The molecular formula is C14H18N4O3. The molecule has 1 aliphatic carbocycles. The van der Waals surface area contributed by atoms with Crippen LogP contribution in [-0.4, -0.2) is 45.0 Å². The zero-order chi connectivity index (χ0) is 15.1. The number of nitrogen functional groups attached to an aromatic ring is 1. The lowest BCUT2D eigenvalue weighted by molar-refractivity contribution is -0.192. The highest BCUT2D eigenvalue weighted by molar-refractivity contribution is 6.02. The zero-order valence-corrected chi connectivity index (χ0v) is 12.2. The Morgan fingerprint density at radius 1 is 1.48 bits per heavy atom. The number of carbonyl (C=O) groups excluding carboxylic acids is 1. The Labute approximate surface area is 121 Å². The fourth-order valence-electron chi connectivity index (χ4n) is 4.25. The van der Waals surface area contributed by atoms with Gasteiger partial charge in [-0.2, -0.15) is 4.98 Å². The van der Waals surface area contributed by atoms with E-state index >= 15 is 0 Å². The van der Waals surface area contributed by atoms with Gasteiger partial charge in [0.05, 0.1) is 12.1 Å². The predicted molar refractivity (Wildman–Crippen MR) is 74.6 cm³/mol. The van der Waals surface area contributed by atoms with Crippen molar-refractivity contribution in [1.29, 1.82) is 0 Å². The summed E-state index contributed by atoms with van der Waals surface area (Å²) in [4.78, 5) is 30.3. The van der Waals surface area contributed by atoms with Gasteiger partial charge in [-0.1, -0.05) is 6.92 Å². The van der Waals surface area contributed by atoms with Gasteiger partial charge in [0.1, 0.15) is 11.4 Å². The number of aromatic nitrogens is 2. The molecule has 5 atom stereocenters. The third-order valence-electron chi connectivity index (χ3n) is 5.44. The second-order valence-electron chi connectivity index (χ2n) is 6.24. The molecule has 2 saturated heterocycles. The number of Topliss-reactive ketones (excluding diaryl/α,β-unsaturated/α-hetero) is 1. The second-order valence-corrected chi connectivity index (χ2v) is 6.24. The number of anilines is 1. The van der Waals surface area contributed by atoms with Crippen molar-refractivity contribution >= 4 is 11.6 Å². The minimum atomic E-state index is -0.707. The van der Waals surface area contributed by atoms with Gasteiger partial charge in [-0.05, 0) is 20.4 Å². The number of ketones is 1. The Kier molecular flexibility index (Phi) is 2.30. The molecule has 3 heterocycles. The van der Waals surface area contributed by atoms with Crippen molar-refractivity contribution in [2.24, 2.45) is 5.92 Å². The first-order chi connectivity index (χ1) is 9.92. The molecule has 4 rings (SSSR count). The van der Waals surface area contributed by atoms with Gasteiger partial charge in [-0.25, -0.2) is 4.79 Å². The fourth-order valence-corrected chi connectivity index (χ4v) is 4.25. The van der Waals surface area contributed by atoms with E-state index in [4.69, 9.17) is 10.5 Å². The molecule has 7 heteroatoms. The minimum Gasteiger partial charge on any atom is -0.383 e. The van der Waals surface area contributed by atoms with E-state index in [0.29, 0.717) is 6.42 Å². The number of rotatable bonds is 2. The first-order valence-electron chi connectivity index (χ1n) is 7.21. The molecule has 3 fully saturated rings. The van der Waals surface area contributed by atoms with Crippen LogP contribution < -0.4 is 11.4 Å². The monoisotopic (exact) mass is 290 g/mol. The third-order valence-corrected chi connectivity index (χ3v) is 5.44. The van der Waals surface area contributed by atoms with Crippen LogP contribution in [0.2, 0.25) is 0 Å². The normalized spacial score (nSPS) is 40.6. The molecule has 1 aromatic heterocycles. The summed E-state index contributed by atoms with van der Waals surface area (Å²) in [5.41, 5.74) is 5.26. The quantitative estimate of drug-likeness (QED) is 0.803. The van der Waals surface area contributed by atoms with Gasteiger partial charge in [-0.3, -0.25) is 14.3 Å². The number of aryl methyl sites for hydroxylation is 1. The number of nitrogens with two attached hydrogens (primary N) is 1. The predicted octanol–water partition coefficient (Wildman–Crippen LogP) is -0.307. The van der Waals surface area contributed by atoms with Crippen LogP contribution in [0.4, 0.5) is 5.82 Å². The molecule has 0 radical (unpaired) electrons. The summed E-state index contributed by atoms with van der Waals surface area (Å²) in [6.07, 6.45) is 1.85. The van der Waals surface area contributed by atoms with Crippen LogP contribution in [0.1, 0.15) is 25.1 Å². The number of carbonyl (C=O) groups is 1. The Bertz CT molecular complexity index is 715. The van der Waals surface area contributed by atoms with E-state index in [0.717, 1.165) is 5.56 Å². The van der Waals surface area contributed by atoms with Gasteiger partial charge in [0, 0.05) is 17.7 Å². The van der Waals surface area contributed by atoms with Crippen LogP contribution >= 0.6 is 0 Å². The van der Waals surface area contributed by atoms with E-state index in [1.807, 2.05) is 18.9 Å². The second kappa shape index (κ2) is 3.72. The van der Waals surface area contributed by atoms with Crippen LogP contribution in [0.15, 0.2) is 11.0 Å². The highest BCUT2D eigenvalue weighted by Gasteiger charge is 2.79. The van der Waals surface area contributed by atoms with Crippen LogP contribution in [0.3, 0.4) is 0 Å². The van der Waals surface area contributed by atoms with Crippen LogP contribution in [0.5, 0.6) is 0 Å². The molecule has 0 bridgehead atoms. The fraction of sp³-hybridized carbons (Fsp3) is 0.643. The highest BCUT2D eigenvalue weighted by Crippen LogP contribution is 2.62. The van der Waals surface area contributed by atoms with Gasteiger partial charge >= 0.3 is 5.69 Å². The van der Waals surface area contributed by atoms with Gasteiger partial charge in [-0.15, -0.1) is 0 Å². The zero-order valence-electron chi connectivity index (χ0n) is 12.2. The molecule has 0 spiro atoms. The summed E-state index contributed by atoms with van der Waals surface area (Å²) in [6.45, 7) is 3.76. The summed E-state index contributed by atoms with van der Waals surface area (Å²) >= 11 is 0. The van der Waals surface area contributed by atoms with Crippen molar-refractivity contribution in [3.05, 3.63) is 22.2 Å². The first kappa shape index (κ1) is 13.0. The molecule has 1 saturated carbocycles. The minimum absolute atomic E-state index is 0.0431. The molecule has 112 valence electrons. The number of hydrogen-bond acceptors (Lipinski definition) is 6. The number of likely N-dealkylation sites (N-methyl/N-ethyl adjacent to an activating group) is 1. The number of ether oxygens (including phenoxy) is 1. The van der Waals surface area contributed by atoms with Gasteiger partial charge in [0.15, 0.2) is 12.0 Å². The molecule has 3 aliphatic rings. The standard InChI is InChI=1S/C14H18N4O3/c1-4-14-7-8(10(14)19)17(3)9(7)12(21-14)18-5-6(2)11(15)16-13(18)20/h5,7-9,12H,4H2,1-3H3,(H2,15,16,20)/t7?,8?,9?,12-,14-/m1/s1. The largest absolute Gasteiger partial charge is 0.383 e. The topological polar surface area (TPSA) is 90.5 Å². The smallest absolute Gasteiger partial charge is 0.351 e. The molecule has 1 aromatic rings. The van der Waals surface area contributed by atoms with Gasteiger partial charge in [0.25, 0.3) is 0 Å². The Hall–Kier alpha value is -1.73. The summed E-state index contributed by atoms with van der Waals surface area (Å²) in [5.74, 6) is 0.567. The van der Waals surface area contributed by atoms with Crippen LogP contribution in [0.25, 0.3) is 0 Å². The average molecular weight is 290 g/mol. The molecule has 0 amide bonds. The number of nitrogens with zero attached hydrogens (tertiary/aromatic N) is 3. The molecule has 2 aliphatic heterocycles. The summed E-state index contributed by atoms with van der Waals surface area (Å²) in [6, 6.07) is 0.00802. The van der Waals surface area contributed by atoms with Crippen LogP contribution in [-0.2, 0) is 9.53 Å². The number of hydrogen-bond donors (Lipinski definition) is 1. The van der Waals surface area contributed by atoms with Gasteiger partial charge < -0.3 is 10.5 Å². The van der Waals surface area contributed by atoms with E-state index in [1.54, 1.807) is 13.1 Å². The average Bonchev–Trinajstić information content (AvgIpc) is 2.63. The summed E-state index contributed by atoms with van der Waals surface area (Å²) in [5, 5.41) is 0. The van der Waals surface area contributed by atoms with Crippen molar-refractivity contribution in [3.8, 4) is 0 Å².